The van der Waals surface area contributed by atoms with Gasteiger partial charge in [0.2, 0.25) is 0 Å². The third-order valence-corrected chi connectivity index (χ3v) is 2.66. The average Bonchev–Trinajstić information content (AvgIpc) is 2.03. The van der Waals surface area contributed by atoms with Crippen molar-refractivity contribution in [3.8, 4) is 11.5 Å². The highest BCUT2D eigenvalue weighted by molar-refractivity contribution is 14.1. The van der Waals surface area contributed by atoms with E-state index >= 15 is 0 Å². The molecule has 0 aliphatic carbocycles. The molecular formula is C8H8BrIO2. The molecule has 0 aromatic heterocycles. The molecule has 4 heteroatoms. The lowest BCUT2D eigenvalue weighted by atomic mass is 10.3. The number of hydrogen-bond acceptors (Lipinski definition) is 2. The molecular weight excluding hydrogens is 335 g/mol. The third kappa shape index (κ3) is 2.04. The monoisotopic (exact) mass is 342 g/mol. The summed E-state index contributed by atoms with van der Waals surface area (Å²) in [6.45, 7) is 0. The molecule has 0 radical (unpaired) electrons. The van der Waals surface area contributed by atoms with Crippen LogP contribution in [-0.2, 0) is 0 Å². The van der Waals surface area contributed by atoms with Gasteiger partial charge in [0.05, 0.1) is 17.8 Å². The summed E-state index contributed by atoms with van der Waals surface area (Å²) in [7, 11) is 3.26. The topological polar surface area (TPSA) is 18.5 Å². The molecule has 0 saturated heterocycles. The Morgan fingerprint density at radius 3 is 2.42 bits per heavy atom. The first-order valence-electron chi connectivity index (χ1n) is 3.26. The normalized spacial score (nSPS) is 9.67. The molecule has 0 atom stereocenters. The summed E-state index contributed by atoms with van der Waals surface area (Å²) in [6.07, 6.45) is 0. The van der Waals surface area contributed by atoms with Gasteiger partial charge in [-0.3, -0.25) is 0 Å². The van der Waals surface area contributed by atoms with Crippen LogP contribution in [0, 0.1) is 3.57 Å². The Labute approximate surface area is 93.5 Å². The smallest absolute Gasteiger partial charge is 0.174 e. The lowest BCUT2D eigenvalue weighted by Gasteiger charge is -2.09. The van der Waals surface area contributed by atoms with Crippen LogP contribution in [0.1, 0.15) is 0 Å². The van der Waals surface area contributed by atoms with Crippen LogP contribution in [-0.4, -0.2) is 14.2 Å². The maximum absolute atomic E-state index is 5.17. The van der Waals surface area contributed by atoms with E-state index in [2.05, 4.69) is 38.5 Å². The molecule has 0 bridgehead atoms. The number of halogens is 2. The van der Waals surface area contributed by atoms with Crippen molar-refractivity contribution in [2.75, 3.05) is 14.2 Å². The minimum absolute atomic E-state index is 0.747. The Morgan fingerprint density at radius 1 is 1.25 bits per heavy atom. The fourth-order valence-corrected chi connectivity index (χ4v) is 2.57. The van der Waals surface area contributed by atoms with Gasteiger partial charge >= 0.3 is 0 Å². The number of hydrogen-bond donors (Lipinski definition) is 0. The van der Waals surface area contributed by atoms with Crippen LogP contribution >= 0.6 is 38.5 Å². The van der Waals surface area contributed by atoms with Gasteiger partial charge in [-0.1, -0.05) is 15.9 Å². The first kappa shape index (κ1) is 10.1. The Balaban J connectivity index is 3.24. The van der Waals surface area contributed by atoms with Gasteiger partial charge in [-0.15, -0.1) is 0 Å². The largest absolute Gasteiger partial charge is 0.493 e. The zero-order chi connectivity index (χ0) is 9.14. The molecule has 1 rings (SSSR count). The summed E-state index contributed by atoms with van der Waals surface area (Å²) < 4.78 is 12.3. The molecule has 0 heterocycles. The minimum Gasteiger partial charge on any atom is -0.493 e. The van der Waals surface area contributed by atoms with E-state index in [-0.39, 0.29) is 0 Å². The van der Waals surface area contributed by atoms with Gasteiger partial charge in [0.1, 0.15) is 0 Å². The van der Waals surface area contributed by atoms with Crippen LogP contribution in [0.2, 0.25) is 0 Å². The third-order valence-electron chi connectivity index (χ3n) is 1.40. The van der Waals surface area contributed by atoms with Crippen LogP contribution in [0.3, 0.4) is 0 Å². The first-order chi connectivity index (χ1) is 5.69. The van der Waals surface area contributed by atoms with Gasteiger partial charge < -0.3 is 9.47 Å². The van der Waals surface area contributed by atoms with Crippen LogP contribution < -0.4 is 9.47 Å². The van der Waals surface area contributed by atoms with Crippen LogP contribution in [0.4, 0.5) is 0 Å². The van der Waals surface area contributed by atoms with Gasteiger partial charge in [0.25, 0.3) is 0 Å². The lowest BCUT2D eigenvalue weighted by Crippen LogP contribution is -1.92. The van der Waals surface area contributed by atoms with E-state index in [1.54, 1.807) is 14.2 Å². The van der Waals surface area contributed by atoms with E-state index in [1.807, 2.05) is 12.1 Å². The SMILES string of the molecule is COc1cc(Br)cc(I)c1OC. The molecule has 1 aromatic rings. The van der Waals surface area contributed by atoms with E-state index in [9.17, 15) is 0 Å². The molecule has 0 saturated carbocycles. The number of benzene rings is 1. The van der Waals surface area contributed by atoms with Gasteiger partial charge in [-0.05, 0) is 34.7 Å². The van der Waals surface area contributed by atoms with Gasteiger partial charge in [0, 0.05) is 4.47 Å². The zero-order valence-electron chi connectivity index (χ0n) is 6.73. The minimum atomic E-state index is 0.747. The summed E-state index contributed by atoms with van der Waals surface area (Å²) in [4.78, 5) is 0. The Kier molecular flexibility index (Phi) is 3.64. The second-order valence-corrected chi connectivity index (χ2v) is 4.20. The van der Waals surface area contributed by atoms with Gasteiger partial charge in [0.15, 0.2) is 11.5 Å². The number of ether oxygens (including phenoxy) is 2. The predicted molar refractivity (Wildman–Crippen MR) is 60.0 cm³/mol. The van der Waals surface area contributed by atoms with E-state index in [1.165, 1.54) is 0 Å². The van der Waals surface area contributed by atoms with Crippen molar-refractivity contribution < 1.29 is 9.47 Å². The maximum Gasteiger partial charge on any atom is 0.174 e. The lowest BCUT2D eigenvalue weighted by molar-refractivity contribution is 0.352. The number of methoxy groups -OCH3 is 2. The van der Waals surface area contributed by atoms with Crippen LogP contribution in [0.15, 0.2) is 16.6 Å². The van der Waals surface area contributed by atoms with E-state index in [4.69, 9.17) is 9.47 Å². The summed E-state index contributed by atoms with van der Waals surface area (Å²) >= 11 is 5.58. The molecule has 0 amide bonds. The van der Waals surface area contributed by atoms with Crippen LogP contribution in [0.25, 0.3) is 0 Å². The highest BCUT2D eigenvalue weighted by Gasteiger charge is 2.08. The van der Waals surface area contributed by atoms with Crippen molar-refractivity contribution in [1.82, 2.24) is 0 Å². The highest BCUT2D eigenvalue weighted by Crippen LogP contribution is 2.35. The average molecular weight is 343 g/mol. The van der Waals surface area contributed by atoms with Crippen molar-refractivity contribution >= 4 is 38.5 Å². The van der Waals surface area contributed by atoms with Gasteiger partial charge in [-0.2, -0.15) is 0 Å². The molecule has 0 aliphatic heterocycles. The van der Waals surface area contributed by atoms with E-state index in [0.29, 0.717) is 0 Å². The Bertz CT molecular complexity index is 289. The second-order valence-electron chi connectivity index (χ2n) is 2.12. The van der Waals surface area contributed by atoms with Crippen molar-refractivity contribution in [1.29, 1.82) is 0 Å². The molecule has 2 nitrogen and oxygen atoms in total. The first-order valence-corrected chi connectivity index (χ1v) is 5.13. The summed E-state index contributed by atoms with van der Waals surface area (Å²) in [5, 5.41) is 0. The van der Waals surface area contributed by atoms with Crippen molar-refractivity contribution in [2.24, 2.45) is 0 Å². The molecule has 0 aliphatic rings. The summed E-state index contributed by atoms with van der Waals surface area (Å²) in [5.74, 6) is 1.53. The Hall–Kier alpha value is 0.0300. The maximum atomic E-state index is 5.17. The zero-order valence-corrected chi connectivity index (χ0v) is 10.5. The highest BCUT2D eigenvalue weighted by atomic mass is 127. The molecule has 0 fully saturated rings. The second kappa shape index (κ2) is 4.32. The molecule has 0 N–H and O–H groups in total. The number of rotatable bonds is 2. The fourth-order valence-electron chi connectivity index (χ4n) is 0.886. The quantitative estimate of drug-likeness (QED) is 0.769. The standard InChI is InChI=1S/C8H8BrIO2/c1-11-7-4-5(9)3-6(10)8(7)12-2/h3-4H,1-2H3. The molecule has 0 spiro atoms. The van der Waals surface area contributed by atoms with Crippen LogP contribution in [0.5, 0.6) is 11.5 Å². The predicted octanol–water partition coefficient (Wildman–Crippen LogP) is 3.07. The van der Waals surface area contributed by atoms with Crippen molar-refractivity contribution in [3.63, 3.8) is 0 Å². The molecule has 1 aromatic carbocycles. The van der Waals surface area contributed by atoms with Crippen molar-refractivity contribution in [2.45, 2.75) is 0 Å². The van der Waals surface area contributed by atoms with Gasteiger partial charge in [-0.25, -0.2) is 0 Å². The van der Waals surface area contributed by atoms with E-state index in [0.717, 1.165) is 19.5 Å². The molecule has 66 valence electrons. The molecule has 0 unspecified atom stereocenters. The summed E-state index contributed by atoms with van der Waals surface area (Å²) in [6, 6.07) is 3.85. The Morgan fingerprint density at radius 2 is 1.92 bits per heavy atom. The fraction of sp³-hybridized carbons (Fsp3) is 0.250. The van der Waals surface area contributed by atoms with E-state index < -0.39 is 0 Å². The molecule has 12 heavy (non-hydrogen) atoms. The summed E-state index contributed by atoms with van der Waals surface area (Å²) in [5.41, 5.74) is 0. The van der Waals surface area contributed by atoms with Crippen molar-refractivity contribution in [3.05, 3.63) is 20.2 Å².